The molecule has 4 saturated heterocycles. The number of benzene rings is 2. The maximum absolute atomic E-state index is 13.5. The van der Waals surface area contributed by atoms with Crippen LogP contribution in [0.3, 0.4) is 0 Å². The molecule has 0 radical (unpaired) electrons. The summed E-state index contributed by atoms with van der Waals surface area (Å²) in [6.07, 6.45) is 7.97. The first kappa shape index (κ1) is 24.9. The second-order valence-corrected chi connectivity index (χ2v) is 12.0. The number of carbonyl (C=O) groups excluding carboxylic acids is 1. The summed E-state index contributed by atoms with van der Waals surface area (Å²) in [5.74, 6) is 0.206. The molecule has 2 atom stereocenters. The largest absolute Gasteiger partial charge is 0.461 e. The average molecular weight is 551 g/mol. The molecule has 8 rings (SSSR count). The molecule has 2 unspecified atom stereocenters. The van der Waals surface area contributed by atoms with Crippen LogP contribution in [0, 0.1) is 0 Å². The summed E-state index contributed by atoms with van der Waals surface area (Å²) in [7, 11) is 0. The van der Waals surface area contributed by atoms with E-state index in [9.17, 15) is 4.79 Å². The van der Waals surface area contributed by atoms with E-state index >= 15 is 0 Å². The van der Waals surface area contributed by atoms with Gasteiger partial charge in [-0.15, -0.1) is 0 Å². The summed E-state index contributed by atoms with van der Waals surface area (Å²) in [4.78, 5) is 32.2. The molecular formula is C32H34N6O3. The lowest BCUT2D eigenvalue weighted by Gasteiger charge is -2.34. The number of ether oxygens (including phenoxy) is 2. The van der Waals surface area contributed by atoms with Crippen LogP contribution >= 0.6 is 0 Å². The minimum Gasteiger partial charge on any atom is -0.461 e. The number of aromatic nitrogens is 3. The zero-order chi connectivity index (χ0) is 27.4. The Morgan fingerprint density at radius 3 is 2.59 bits per heavy atom. The van der Waals surface area contributed by atoms with Crippen molar-refractivity contribution in [2.75, 3.05) is 32.8 Å². The number of nitrogens with zero attached hydrogens (tertiary/aromatic N) is 5. The van der Waals surface area contributed by atoms with Crippen molar-refractivity contribution in [3.05, 3.63) is 54.7 Å². The van der Waals surface area contributed by atoms with Gasteiger partial charge >= 0.3 is 12.1 Å². The Kier molecular flexibility index (Phi) is 6.03. The maximum atomic E-state index is 13.5. The van der Waals surface area contributed by atoms with Crippen molar-refractivity contribution in [2.45, 2.75) is 56.1 Å². The highest BCUT2D eigenvalue weighted by molar-refractivity contribution is 5.97. The number of hydrogen-bond donors (Lipinski definition) is 1. The van der Waals surface area contributed by atoms with Gasteiger partial charge in [-0.25, -0.2) is 4.79 Å². The molecule has 210 valence electrons. The van der Waals surface area contributed by atoms with E-state index in [1.165, 1.54) is 12.8 Å². The summed E-state index contributed by atoms with van der Waals surface area (Å²) in [6.45, 7) is 4.36. The van der Waals surface area contributed by atoms with Crippen LogP contribution in [0.5, 0.6) is 11.9 Å². The Hall–Kier alpha value is -3.82. The summed E-state index contributed by atoms with van der Waals surface area (Å²) < 4.78 is 12.4. The molecule has 0 spiro atoms. The van der Waals surface area contributed by atoms with E-state index in [0.717, 1.165) is 73.9 Å². The highest BCUT2D eigenvalue weighted by Gasteiger charge is 2.45. The van der Waals surface area contributed by atoms with Gasteiger partial charge < -0.3 is 14.8 Å². The number of hydrogen-bond acceptors (Lipinski definition) is 8. The Morgan fingerprint density at radius 1 is 0.976 bits per heavy atom. The third-order valence-corrected chi connectivity index (χ3v) is 9.65. The number of carbonyl (C=O) groups is 1. The second-order valence-electron chi connectivity index (χ2n) is 12.0. The highest BCUT2D eigenvalue weighted by Crippen LogP contribution is 2.39. The molecule has 0 aliphatic carbocycles. The average Bonchev–Trinajstić information content (AvgIpc) is 3.66. The van der Waals surface area contributed by atoms with Crippen LogP contribution in [-0.2, 0) is 0 Å². The smallest absolute Gasteiger partial charge is 0.417 e. The van der Waals surface area contributed by atoms with Gasteiger partial charge in [-0.3, -0.25) is 14.8 Å². The first-order chi connectivity index (χ1) is 20.2. The minimum absolute atomic E-state index is 0.0571. The van der Waals surface area contributed by atoms with Gasteiger partial charge in [-0.1, -0.05) is 42.5 Å². The van der Waals surface area contributed by atoms with Crippen molar-refractivity contribution in [1.29, 1.82) is 0 Å². The van der Waals surface area contributed by atoms with E-state index < -0.39 is 0 Å². The van der Waals surface area contributed by atoms with Gasteiger partial charge in [0.05, 0.1) is 22.1 Å². The Balaban J connectivity index is 1.17. The van der Waals surface area contributed by atoms with E-state index in [1.807, 2.05) is 29.2 Å². The molecule has 9 nitrogen and oxygen atoms in total. The van der Waals surface area contributed by atoms with Gasteiger partial charge in [-0.2, -0.15) is 9.97 Å². The van der Waals surface area contributed by atoms with Gasteiger partial charge in [0.1, 0.15) is 6.61 Å². The monoisotopic (exact) mass is 550 g/mol. The second kappa shape index (κ2) is 9.92. The van der Waals surface area contributed by atoms with Gasteiger partial charge in [0, 0.05) is 36.9 Å². The molecule has 1 N–H and O–H groups in total. The van der Waals surface area contributed by atoms with E-state index in [2.05, 4.69) is 39.5 Å². The molecule has 4 fully saturated rings. The molecular weight excluding hydrogens is 516 g/mol. The third-order valence-electron chi connectivity index (χ3n) is 9.65. The van der Waals surface area contributed by atoms with Crippen LogP contribution in [0.4, 0.5) is 4.79 Å². The number of pyridine rings is 1. The summed E-state index contributed by atoms with van der Waals surface area (Å²) in [5, 5.41) is 6.29. The summed E-state index contributed by atoms with van der Waals surface area (Å²) >= 11 is 0. The maximum Gasteiger partial charge on any atom is 0.417 e. The Labute approximate surface area is 238 Å². The molecule has 9 heteroatoms. The Morgan fingerprint density at radius 2 is 1.76 bits per heavy atom. The first-order valence-corrected chi connectivity index (χ1v) is 14.9. The molecule has 2 aromatic carbocycles. The predicted molar refractivity (Wildman–Crippen MR) is 156 cm³/mol. The minimum atomic E-state index is -0.362. The number of amides is 1. The molecule has 4 aliphatic rings. The SMILES string of the molecule is O=C(Oc1nc(OCC23CCCN2CCC3)nc2cc(-c3cccc4ccccc34)ncc12)N1C2CCC1CNC2. The molecule has 41 heavy (non-hydrogen) atoms. The van der Waals surface area contributed by atoms with Crippen molar-refractivity contribution < 1.29 is 14.3 Å². The normalized spacial score (nSPS) is 23.3. The number of piperazine rings is 1. The van der Waals surface area contributed by atoms with E-state index in [0.29, 0.717) is 17.5 Å². The topological polar surface area (TPSA) is 92.7 Å². The molecule has 2 bridgehead atoms. The van der Waals surface area contributed by atoms with Gasteiger partial charge in [0.25, 0.3) is 0 Å². The first-order valence-electron chi connectivity index (χ1n) is 14.9. The zero-order valence-corrected chi connectivity index (χ0v) is 23.1. The van der Waals surface area contributed by atoms with Crippen molar-refractivity contribution in [1.82, 2.24) is 30.1 Å². The van der Waals surface area contributed by atoms with Crippen molar-refractivity contribution in [3.8, 4) is 23.1 Å². The fourth-order valence-electron chi connectivity index (χ4n) is 7.59. The van der Waals surface area contributed by atoms with E-state index in [1.54, 1.807) is 6.20 Å². The van der Waals surface area contributed by atoms with Crippen LogP contribution in [0.2, 0.25) is 0 Å². The van der Waals surface area contributed by atoms with Crippen LogP contribution in [0.15, 0.2) is 54.7 Å². The van der Waals surface area contributed by atoms with Crippen LogP contribution in [-0.4, -0.2) is 81.3 Å². The molecule has 0 saturated carbocycles. The molecule has 2 aromatic heterocycles. The fourth-order valence-corrected chi connectivity index (χ4v) is 7.59. The molecule has 4 aromatic rings. The van der Waals surface area contributed by atoms with Crippen molar-refractivity contribution in [3.63, 3.8) is 0 Å². The van der Waals surface area contributed by atoms with Crippen LogP contribution in [0.1, 0.15) is 38.5 Å². The van der Waals surface area contributed by atoms with Gasteiger partial charge in [-0.05, 0) is 68.5 Å². The van der Waals surface area contributed by atoms with Gasteiger partial charge in [0.15, 0.2) is 0 Å². The molecule has 6 heterocycles. The van der Waals surface area contributed by atoms with Crippen molar-refractivity contribution in [2.24, 2.45) is 0 Å². The van der Waals surface area contributed by atoms with Crippen LogP contribution in [0.25, 0.3) is 32.9 Å². The number of rotatable bonds is 5. The lowest BCUT2D eigenvalue weighted by Crippen LogP contribution is -2.55. The third kappa shape index (κ3) is 4.30. The lowest BCUT2D eigenvalue weighted by molar-refractivity contribution is 0.104. The van der Waals surface area contributed by atoms with E-state index in [4.69, 9.17) is 19.4 Å². The quantitative estimate of drug-likeness (QED) is 0.379. The number of nitrogens with one attached hydrogen (secondary N) is 1. The molecule has 1 amide bonds. The standard InChI is InChI=1S/C32H34N6O3/c39-31(38-22-10-11-23(38)18-33-17-22)41-29-26-19-34-27(25-9-3-7-21-6-1-2-8-24(21)25)16-28(26)35-30(36-29)40-20-32-12-4-14-37(32)15-5-13-32/h1-3,6-9,16,19,22-23,33H,4-5,10-15,17-18,20H2. The van der Waals surface area contributed by atoms with Crippen molar-refractivity contribution >= 4 is 27.8 Å². The highest BCUT2D eigenvalue weighted by atomic mass is 16.6. The van der Waals surface area contributed by atoms with E-state index in [-0.39, 0.29) is 35.6 Å². The lowest BCUT2D eigenvalue weighted by atomic mass is 9.95. The summed E-state index contributed by atoms with van der Waals surface area (Å²) in [5.41, 5.74) is 2.52. The van der Waals surface area contributed by atoms with Crippen LogP contribution < -0.4 is 14.8 Å². The van der Waals surface area contributed by atoms with Gasteiger partial charge in [0.2, 0.25) is 5.88 Å². The predicted octanol–water partition coefficient (Wildman–Crippen LogP) is 4.79. The zero-order valence-electron chi connectivity index (χ0n) is 23.1. The summed E-state index contributed by atoms with van der Waals surface area (Å²) in [6, 6.07) is 17.0. The number of fused-ring (bicyclic) bond motifs is 5. The molecule has 4 aliphatic heterocycles. The fraction of sp³-hybridized carbons (Fsp3) is 0.438. The Bertz CT molecular complexity index is 1610.